The molecule has 1 unspecified atom stereocenters. The molecule has 3 aromatic carbocycles. The summed E-state index contributed by atoms with van der Waals surface area (Å²) in [7, 11) is 1.55. The van der Waals surface area contributed by atoms with Crippen molar-refractivity contribution in [2.75, 3.05) is 18.6 Å². The number of aliphatic hydroxyl groups excluding tert-OH is 1. The summed E-state index contributed by atoms with van der Waals surface area (Å²) in [6.07, 6.45) is 0.839. The molecular formula is C27H24BrNO5. The monoisotopic (exact) mass is 521 g/mol. The van der Waals surface area contributed by atoms with Crippen LogP contribution < -0.4 is 14.4 Å². The van der Waals surface area contributed by atoms with Gasteiger partial charge in [0.2, 0.25) is 0 Å². The van der Waals surface area contributed by atoms with Crippen molar-refractivity contribution in [2.24, 2.45) is 0 Å². The first-order valence-corrected chi connectivity index (χ1v) is 11.7. The number of hydrogen-bond donors (Lipinski definition) is 1. The minimum Gasteiger partial charge on any atom is -0.507 e. The van der Waals surface area contributed by atoms with Crippen LogP contribution in [0.15, 0.2) is 82.8 Å². The van der Waals surface area contributed by atoms with Gasteiger partial charge in [-0.15, -0.1) is 0 Å². The number of carbonyl (C=O) groups excluding carboxylic acids is 2. The van der Waals surface area contributed by atoms with Gasteiger partial charge in [-0.2, -0.15) is 0 Å². The first-order valence-electron chi connectivity index (χ1n) is 10.9. The number of aliphatic hydroxyl groups is 1. The van der Waals surface area contributed by atoms with Crippen LogP contribution in [0.3, 0.4) is 0 Å². The van der Waals surface area contributed by atoms with E-state index in [9.17, 15) is 14.7 Å². The molecule has 1 atom stereocenters. The van der Waals surface area contributed by atoms with Gasteiger partial charge in [0.05, 0.1) is 25.3 Å². The maximum atomic E-state index is 13.3. The summed E-state index contributed by atoms with van der Waals surface area (Å²) in [4.78, 5) is 28.0. The molecule has 4 rings (SSSR count). The fourth-order valence-corrected chi connectivity index (χ4v) is 4.20. The van der Waals surface area contributed by atoms with E-state index in [1.54, 1.807) is 79.9 Å². The van der Waals surface area contributed by atoms with Gasteiger partial charge in [-0.05, 0) is 48.4 Å². The minimum absolute atomic E-state index is 0.0143. The second-order valence-corrected chi connectivity index (χ2v) is 8.71. The molecule has 0 radical (unpaired) electrons. The average Bonchev–Trinajstić information content (AvgIpc) is 3.13. The first kappa shape index (κ1) is 23.6. The summed E-state index contributed by atoms with van der Waals surface area (Å²) < 4.78 is 11.9. The van der Waals surface area contributed by atoms with E-state index in [-0.39, 0.29) is 11.3 Å². The van der Waals surface area contributed by atoms with Gasteiger partial charge < -0.3 is 14.6 Å². The standard InChI is InChI=1S/C27H24BrNO5/c1-3-14-34-22-9-5-7-20(16-22)29-24(18-6-4-8-21(15-18)33-2)23(26(31)27(29)32)25(30)17-10-12-19(28)13-11-17/h4-13,15-16,24,30H,3,14H2,1-2H3/b25-23+. The van der Waals surface area contributed by atoms with Crippen molar-refractivity contribution in [3.8, 4) is 11.5 Å². The molecule has 0 saturated carbocycles. The molecule has 0 bridgehead atoms. The van der Waals surface area contributed by atoms with Crippen LogP contribution in [0.2, 0.25) is 0 Å². The van der Waals surface area contributed by atoms with Crippen molar-refractivity contribution in [1.82, 2.24) is 0 Å². The van der Waals surface area contributed by atoms with Gasteiger partial charge in [-0.1, -0.05) is 53.2 Å². The van der Waals surface area contributed by atoms with E-state index in [1.165, 1.54) is 4.90 Å². The Morgan fingerprint density at radius 2 is 1.71 bits per heavy atom. The third kappa shape index (κ3) is 4.56. The number of halogens is 1. The number of anilines is 1. The Labute approximate surface area is 206 Å². The van der Waals surface area contributed by atoms with Crippen molar-refractivity contribution < 1.29 is 24.2 Å². The summed E-state index contributed by atoms with van der Waals surface area (Å²) in [6.45, 7) is 2.54. The lowest BCUT2D eigenvalue weighted by Gasteiger charge is -2.26. The molecule has 1 saturated heterocycles. The number of methoxy groups -OCH3 is 1. The number of ketones is 1. The van der Waals surface area contributed by atoms with Gasteiger partial charge in [0.25, 0.3) is 11.7 Å². The van der Waals surface area contributed by atoms with Crippen molar-refractivity contribution >= 4 is 39.1 Å². The van der Waals surface area contributed by atoms with E-state index in [1.807, 2.05) is 6.92 Å². The number of hydrogen-bond acceptors (Lipinski definition) is 5. The summed E-state index contributed by atoms with van der Waals surface area (Å²) in [6, 6.07) is 20.2. The molecule has 1 aliphatic heterocycles. The molecule has 1 N–H and O–H groups in total. The summed E-state index contributed by atoms with van der Waals surface area (Å²) in [5.41, 5.74) is 1.59. The zero-order valence-corrected chi connectivity index (χ0v) is 20.4. The maximum Gasteiger partial charge on any atom is 0.300 e. The predicted octanol–water partition coefficient (Wildman–Crippen LogP) is 5.87. The zero-order chi connectivity index (χ0) is 24.2. The highest BCUT2D eigenvalue weighted by molar-refractivity contribution is 9.10. The normalized spacial score (nSPS) is 17.1. The quantitative estimate of drug-likeness (QED) is 0.239. The van der Waals surface area contributed by atoms with Crippen LogP contribution in [-0.4, -0.2) is 30.5 Å². The maximum absolute atomic E-state index is 13.3. The highest BCUT2D eigenvalue weighted by Crippen LogP contribution is 2.43. The lowest BCUT2D eigenvalue weighted by molar-refractivity contribution is -0.132. The SMILES string of the molecule is CCCOc1cccc(N2C(=O)C(=O)/C(=C(/O)c3ccc(Br)cc3)C2c2cccc(OC)c2)c1. The largest absolute Gasteiger partial charge is 0.507 e. The van der Waals surface area contributed by atoms with E-state index in [0.29, 0.717) is 34.9 Å². The molecule has 0 aromatic heterocycles. The third-order valence-electron chi connectivity index (χ3n) is 5.54. The van der Waals surface area contributed by atoms with Gasteiger partial charge in [0.1, 0.15) is 17.3 Å². The van der Waals surface area contributed by atoms with E-state index in [4.69, 9.17) is 9.47 Å². The summed E-state index contributed by atoms with van der Waals surface area (Å²) in [5, 5.41) is 11.2. The number of ether oxygens (including phenoxy) is 2. The molecule has 6 nitrogen and oxygen atoms in total. The van der Waals surface area contributed by atoms with Crippen LogP contribution in [0, 0.1) is 0 Å². The topological polar surface area (TPSA) is 76.1 Å². The smallest absolute Gasteiger partial charge is 0.300 e. The van der Waals surface area contributed by atoms with E-state index >= 15 is 0 Å². The van der Waals surface area contributed by atoms with Crippen molar-refractivity contribution in [3.05, 3.63) is 94.0 Å². The fraction of sp³-hybridized carbons (Fsp3) is 0.185. The molecule has 174 valence electrons. The van der Waals surface area contributed by atoms with Crippen molar-refractivity contribution in [1.29, 1.82) is 0 Å². The molecule has 1 fully saturated rings. The van der Waals surface area contributed by atoms with Crippen molar-refractivity contribution in [2.45, 2.75) is 19.4 Å². The molecule has 0 spiro atoms. The van der Waals surface area contributed by atoms with Gasteiger partial charge in [0.15, 0.2) is 0 Å². The van der Waals surface area contributed by atoms with Crippen LogP contribution in [0.1, 0.15) is 30.5 Å². The predicted molar refractivity (Wildman–Crippen MR) is 134 cm³/mol. The van der Waals surface area contributed by atoms with Gasteiger partial charge in [-0.25, -0.2) is 0 Å². The van der Waals surface area contributed by atoms with Crippen LogP contribution in [0.5, 0.6) is 11.5 Å². The number of benzene rings is 3. The first-order chi connectivity index (χ1) is 16.4. The fourth-order valence-electron chi connectivity index (χ4n) is 3.93. The second-order valence-electron chi connectivity index (χ2n) is 7.80. The molecular weight excluding hydrogens is 498 g/mol. The molecule has 7 heteroatoms. The van der Waals surface area contributed by atoms with Crippen LogP contribution in [-0.2, 0) is 9.59 Å². The molecule has 34 heavy (non-hydrogen) atoms. The van der Waals surface area contributed by atoms with E-state index < -0.39 is 17.7 Å². The Morgan fingerprint density at radius 3 is 2.41 bits per heavy atom. The lowest BCUT2D eigenvalue weighted by Crippen LogP contribution is -2.29. The highest BCUT2D eigenvalue weighted by Gasteiger charge is 2.47. The van der Waals surface area contributed by atoms with Gasteiger partial charge in [0, 0.05) is 21.8 Å². The van der Waals surface area contributed by atoms with Crippen molar-refractivity contribution in [3.63, 3.8) is 0 Å². The highest BCUT2D eigenvalue weighted by atomic mass is 79.9. The van der Waals surface area contributed by atoms with Gasteiger partial charge >= 0.3 is 0 Å². The number of amides is 1. The number of rotatable bonds is 7. The minimum atomic E-state index is -0.847. The summed E-state index contributed by atoms with van der Waals surface area (Å²) in [5.74, 6) is -0.544. The zero-order valence-electron chi connectivity index (χ0n) is 18.8. The van der Waals surface area contributed by atoms with Gasteiger partial charge in [-0.3, -0.25) is 14.5 Å². The van der Waals surface area contributed by atoms with E-state index in [2.05, 4.69) is 15.9 Å². The third-order valence-corrected chi connectivity index (χ3v) is 6.07. The Morgan fingerprint density at radius 1 is 1.00 bits per heavy atom. The molecule has 3 aromatic rings. The second kappa shape index (κ2) is 10.1. The summed E-state index contributed by atoms with van der Waals surface area (Å²) >= 11 is 3.38. The molecule has 1 heterocycles. The van der Waals surface area contributed by atoms with Crippen LogP contribution >= 0.6 is 15.9 Å². The molecule has 1 aliphatic rings. The van der Waals surface area contributed by atoms with Crippen LogP contribution in [0.4, 0.5) is 5.69 Å². The Hall–Kier alpha value is -3.58. The Bertz CT molecular complexity index is 1250. The Kier molecular flexibility index (Phi) is 7.03. The van der Waals surface area contributed by atoms with E-state index in [0.717, 1.165) is 10.9 Å². The van der Waals surface area contributed by atoms with Crippen LogP contribution in [0.25, 0.3) is 5.76 Å². The average molecular weight is 522 g/mol. The number of carbonyl (C=O) groups is 2. The lowest BCUT2D eigenvalue weighted by atomic mass is 9.95. The number of Topliss-reactive ketones (excluding diaryl/α,β-unsaturated/α-hetero) is 1. The molecule has 0 aliphatic carbocycles. The Balaban J connectivity index is 1.90. The molecule has 1 amide bonds. The number of nitrogens with zero attached hydrogens (tertiary/aromatic N) is 1.